The molecule has 6 heteroatoms. The van der Waals surface area contributed by atoms with Crippen LogP contribution in [0.25, 0.3) is 0 Å². The molecule has 0 bridgehead atoms. The third-order valence-corrected chi connectivity index (χ3v) is 3.25. The highest BCUT2D eigenvalue weighted by Gasteiger charge is 2.22. The number of rotatable bonds is 4. The van der Waals surface area contributed by atoms with Crippen molar-refractivity contribution < 1.29 is 22.8 Å². The maximum absolute atomic E-state index is 11.6. The second-order valence-electron chi connectivity index (χ2n) is 3.49. The van der Waals surface area contributed by atoms with E-state index in [0.717, 1.165) is 5.56 Å². The van der Waals surface area contributed by atoms with E-state index in [4.69, 9.17) is 10.2 Å². The van der Waals surface area contributed by atoms with E-state index in [0.29, 0.717) is 0 Å². The van der Waals surface area contributed by atoms with Gasteiger partial charge in [0, 0.05) is 0 Å². The second kappa shape index (κ2) is 4.92. The quantitative estimate of drug-likeness (QED) is 0.593. The Hall–Kier alpha value is -0.950. The molecule has 0 aliphatic heterocycles. The highest BCUT2D eigenvalue weighted by atomic mass is 32.2. The molecule has 0 amide bonds. The van der Waals surface area contributed by atoms with Crippen molar-refractivity contribution in [2.75, 3.05) is 0 Å². The van der Waals surface area contributed by atoms with Crippen LogP contribution in [0.15, 0.2) is 29.2 Å². The Kier molecular flexibility index (Phi) is 4.03. The Labute approximate surface area is 94.4 Å². The molecule has 16 heavy (non-hydrogen) atoms. The average molecular weight is 246 g/mol. The van der Waals surface area contributed by atoms with E-state index in [1.807, 2.05) is 6.92 Å². The average Bonchev–Trinajstić information content (AvgIpc) is 2.17. The molecule has 1 unspecified atom stereocenters. The van der Waals surface area contributed by atoms with Crippen LogP contribution in [0.3, 0.4) is 0 Å². The van der Waals surface area contributed by atoms with Gasteiger partial charge in [-0.15, -0.1) is 0 Å². The number of aliphatic hydroxyl groups is 2. The van der Waals surface area contributed by atoms with Gasteiger partial charge in [-0.25, -0.2) is 4.18 Å². The van der Waals surface area contributed by atoms with Crippen molar-refractivity contribution in [3.05, 3.63) is 29.8 Å². The summed E-state index contributed by atoms with van der Waals surface area (Å²) in [6.07, 6.45) is -3.04. The highest BCUT2D eigenvalue weighted by molar-refractivity contribution is 7.86. The summed E-state index contributed by atoms with van der Waals surface area (Å²) in [5, 5.41) is 18.1. The summed E-state index contributed by atoms with van der Waals surface area (Å²) in [4.78, 5) is -0.0576. The zero-order valence-corrected chi connectivity index (χ0v) is 9.81. The first-order chi connectivity index (χ1) is 7.33. The van der Waals surface area contributed by atoms with Gasteiger partial charge in [-0.2, -0.15) is 8.42 Å². The van der Waals surface area contributed by atoms with Gasteiger partial charge < -0.3 is 10.2 Å². The van der Waals surface area contributed by atoms with Crippen LogP contribution in [0, 0.1) is 6.92 Å². The van der Waals surface area contributed by atoms with Crippen LogP contribution in [-0.4, -0.2) is 31.0 Å². The molecule has 0 radical (unpaired) electrons. The molecule has 0 heterocycles. The van der Waals surface area contributed by atoms with Crippen LogP contribution in [0.2, 0.25) is 0 Å². The van der Waals surface area contributed by atoms with Crippen LogP contribution >= 0.6 is 0 Å². The summed E-state index contributed by atoms with van der Waals surface area (Å²) in [5.74, 6) is 0. The Bertz CT molecular complexity index is 435. The van der Waals surface area contributed by atoms with Crippen LogP contribution in [-0.2, 0) is 14.3 Å². The minimum Gasteiger partial charge on any atom is -0.388 e. The Morgan fingerprint density at radius 3 is 2.12 bits per heavy atom. The molecule has 2 atom stereocenters. The molecule has 1 rings (SSSR count). The number of benzene rings is 1. The van der Waals surface area contributed by atoms with Gasteiger partial charge in [-0.1, -0.05) is 17.7 Å². The smallest absolute Gasteiger partial charge is 0.299 e. The predicted molar refractivity (Wildman–Crippen MR) is 57.1 cm³/mol. The van der Waals surface area contributed by atoms with Crippen molar-refractivity contribution in [3.8, 4) is 0 Å². The lowest BCUT2D eigenvalue weighted by Crippen LogP contribution is -2.28. The SMILES string of the molecule is Cc1ccc(S(=O)(=O)O[C@H](O)C(C)O)cc1. The van der Waals surface area contributed by atoms with Gasteiger partial charge in [0.15, 0.2) is 6.29 Å². The molecule has 2 N–H and O–H groups in total. The molecule has 0 aliphatic carbocycles. The predicted octanol–water partition coefficient (Wildman–Crippen LogP) is 0.400. The molecule has 0 saturated heterocycles. The van der Waals surface area contributed by atoms with Crippen LogP contribution in [0.5, 0.6) is 0 Å². The molecule has 0 aliphatic rings. The van der Waals surface area contributed by atoms with Gasteiger partial charge in [-0.05, 0) is 26.0 Å². The Morgan fingerprint density at radius 2 is 1.69 bits per heavy atom. The van der Waals surface area contributed by atoms with Gasteiger partial charge in [0.25, 0.3) is 10.1 Å². The largest absolute Gasteiger partial charge is 0.388 e. The van der Waals surface area contributed by atoms with Crippen LogP contribution in [0.4, 0.5) is 0 Å². The number of aryl methyl sites for hydroxylation is 1. The third kappa shape index (κ3) is 3.28. The fourth-order valence-corrected chi connectivity index (χ4v) is 1.97. The molecule has 0 saturated carbocycles. The number of hydrogen-bond acceptors (Lipinski definition) is 5. The van der Waals surface area contributed by atoms with E-state index in [-0.39, 0.29) is 4.90 Å². The molecule has 0 aromatic heterocycles. The summed E-state index contributed by atoms with van der Waals surface area (Å²) < 4.78 is 27.5. The summed E-state index contributed by atoms with van der Waals surface area (Å²) in [5.41, 5.74) is 0.912. The minimum absolute atomic E-state index is 0.0576. The second-order valence-corrected chi connectivity index (χ2v) is 5.07. The molecule has 1 aromatic rings. The molecule has 1 aromatic carbocycles. The Balaban J connectivity index is 2.90. The number of aliphatic hydroxyl groups excluding tert-OH is 2. The van der Waals surface area contributed by atoms with Crippen molar-refractivity contribution in [1.82, 2.24) is 0 Å². The highest BCUT2D eigenvalue weighted by Crippen LogP contribution is 2.15. The van der Waals surface area contributed by atoms with E-state index in [9.17, 15) is 8.42 Å². The fourth-order valence-electron chi connectivity index (χ4n) is 0.971. The van der Waals surface area contributed by atoms with Gasteiger partial charge in [-0.3, -0.25) is 0 Å². The number of hydrogen-bond donors (Lipinski definition) is 2. The lowest BCUT2D eigenvalue weighted by molar-refractivity contribution is -0.0923. The third-order valence-electron chi connectivity index (χ3n) is 1.95. The normalized spacial score (nSPS) is 15.8. The Morgan fingerprint density at radius 1 is 1.19 bits per heavy atom. The lowest BCUT2D eigenvalue weighted by Gasteiger charge is -2.14. The van der Waals surface area contributed by atoms with Crippen molar-refractivity contribution in [3.63, 3.8) is 0 Å². The van der Waals surface area contributed by atoms with E-state index in [1.165, 1.54) is 19.1 Å². The van der Waals surface area contributed by atoms with Crippen LogP contribution in [0.1, 0.15) is 12.5 Å². The maximum Gasteiger partial charge on any atom is 0.299 e. The summed E-state index contributed by atoms with van der Waals surface area (Å²) in [6, 6.07) is 5.98. The van der Waals surface area contributed by atoms with Crippen molar-refractivity contribution in [2.45, 2.75) is 31.1 Å². The zero-order valence-electron chi connectivity index (χ0n) is 8.99. The van der Waals surface area contributed by atoms with Crippen molar-refractivity contribution in [1.29, 1.82) is 0 Å². The lowest BCUT2D eigenvalue weighted by atomic mass is 10.2. The summed E-state index contributed by atoms with van der Waals surface area (Å²) >= 11 is 0. The molecule has 90 valence electrons. The minimum atomic E-state index is -4.03. The van der Waals surface area contributed by atoms with Gasteiger partial charge in [0.2, 0.25) is 0 Å². The first-order valence-electron chi connectivity index (χ1n) is 4.69. The molecular weight excluding hydrogens is 232 g/mol. The van der Waals surface area contributed by atoms with Gasteiger partial charge >= 0.3 is 0 Å². The topological polar surface area (TPSA) is 83.8 Å². The molecule has 5 nitrogen and oxygen atoms in total. The summed E-state index contributed by atoms with van der Waals surface area (Å²) in [7, 11) is -4.03. The maximum atomic E-state index is 11.6. The first-order valence-corrected chi connectivity index (χ1v) is 6.10. The molecule has 0 fully saturated rings. The monoisotopic (exact) mass is 246 g/mol. The first kappa shape index (κ1) is 13.1. The fraction of sp³-hybridized carbons (Fsp3) is 0.400. The van der Waals surface area contributed by atoms with E-state index in [2.05, 4.69) is 4.18 Å². The van der Waals surface area contributed by atoms with Gasteiger partial charge in [0.05, 0.1) is 4.90 Å². The van der Waals surface area contributed by atoms with E-state index in [1.54, 1.807) is 12.1 Å². The van der Waals surface area contributed by atoms with E-state index >= 15 is 0 Å². The van der Waals surface area contributed by atoms with Gasteiger partial charge in [0.1, 0.15) is 6.10 Å². The van der Waals surface area contributed by atoms with Crippen LogP contribution < -0.4 is 0 Å². The van der Waals surface area contributed by atoms with E-state index < -0.39 is 22.5 Å². The molecular formula is C10H14O5S. The van der Waals surface area contributed by atoms with Crippen molar-refractivity contribution in [2.24, 2.45) is 0 Å². The standard InChI is InChI=1S/C10H14O5S/c1-7-3-5-9(6-4-7)16(13,14)15-10(12)8(2)11/h3-6,8,10-12H,1-2H3/t8?,10-/m0/s1. The summed E-state index contributed by atoms with van der Waals surface area (Å²) in [6.45, 7) is 3.05. The molecule has 0 spiro atoms. The van der Waals surface area contributed by atoms with Crippen molar-refractivity contribution >= 4 is 10.1 Å². The zero-order chi connectivity index (χ0) is 12.3.